The van der Waals surface area contributed by atoms with Crippen molar-refractivity contribution in [1.82, 2.24) is 25.2 Å². The van der Waals surface area contributed by atoms with Crippen molar-refractivity contribution in [3.63, 3.8) is 0 Å². The number of amides is 3. The Bertz CT molecular complexity index is 580. The van der Waals surface area contributed by atoms with Gasteiger partial charge in [-0.15, -0.1) is 5.10 Å². The first-order valence-electron chi connectivity index (χ1n) is 6.54. The van der Waals surface area contributed by atoms with E-state index in [0.29, 0.717) is 18.7 Å². The van der Waals surface area contributed by atoms with E-state index in [-0.39, 0.29) is 18.9 Å². The molecule has 1 aromatic heterocycles. The number of nitrogens with one attached hydrogen (secondary N) is 1. The molecule has 0 aromatic carbocycles. The molecule has 9 heteroatoms. The minimum absolute atomic E-state index is 0.0140. The van der Waals surface area contributed by atoms with Crippen LogP contribution in [-0.2, 0) is 22.6 Å². The molecular weight excluding hydrogens is 278 g/mol. The van der Waals surface area contributed by atoms with Crippen molar-refractivity contribution in [3.05, 3.63) is 11.9 Å². The molecule has 3 amide bonds. The average Bonchev–Trinajstić information content (AvgIpc) is 2.90. The van der Waals surface area contributed by atoms with Crippen molar-refractivity contribution in [1.29, 1.82) is 0 Å². The van der Waals surface area contributed by atoms with Crippen molar-refractivity contribution >= 4 is 17.9 Å². The van der Waals surface area contributed by atoms with Gasteiger partial charge in [0.25, 0.3) is 5.91 Å². The van der Waals surface area contributed by atoms with E-state index in [9.17, 15) is 14.4 Å². The van der Waals surface area contributed by atoms with Gasteiger partial charge in [0.2, 0.25) is 0 Å². The van der Waals surface area contributed by atoms with Gasteiger partial charge in [-0.05, 0) is 13.8 Å². The van der Waals surface area contributed by atoms with Crippen molar-refractivity contribution in [2.24, 2.45) is 0 Å². The Kier molecular flexibility index (Phi) is 3.92. The molecule has 0 saturated carbocycles. The van der Waals surface area contributed by atoms with Gasteiger partial charge in [-0.3, -0.25) is 19.2 Å². The third-order valence-corrected chi connectivity index (χ3v) is 3.18. The summed E-state index contributed by atoms with van der Waals surface area (Å²) in [6.45, 7) is 3.80. The number of aromatic nitrogens is 3. The summed E-state index contributed by atoms with van der Waals surface area (Å²) in [7, 11) is 0. The fourth-order valence-corrected chi connectivity index (χ4v) is 2.02. The van der Waals surface area contributed by atoms with E-state index in [4.69, 9.17) is 5.11 Å². The molecule has 2 N–H and O–H groups in total. The van der Waals surface area contributed by atoms with E-state index in [1.165, 1.54) is 4.68 Å². The highest BCUT2D eigenvalue weighted by atomic mass is 16.4. The summed E-state index contributed by atoms with van der Waals surface area (Å²) in [6, 6.07) is -0.420. The van der Waals surface area contributed by atoms with Gasteiger partial charge in [-0.1, -0.05) is 5.21 Å². The molecule has 0 atom stereocenters. The van der Waals surface area contributed by atoms with Crippen LogP contribution in [0.4, 0.5) is 4.79 Å². The minimum Gasteiger partial charge on any atom is -0.481 e. The number of carboxylic acids is 1. The number of urea groups is 1. The molecule has 0 radical (unpaired) electrons. The molecular formula is C12H17N5O4. The van der Waals surface area contributed by atoms with E-state index < -0.39 is 17.5 Å². The van der Waals surface area contributed by atoms with Gasteiger partial charge >= 0.3 is 12.0 Å². The molecule has 1 aliphatic rings. The molecule has 21 heavy (non-hydrogen) atoms. The Morgan fingerprint density at radius 2 is 2.10 bits per heavy atom. The zero-order chi connectivity index (χ0) is 15.6. The van der Waals surface area contributed by atoms with Crippen LogP contribution in [0.25, 0.3) is 0 Å². The van der Waals surface area contributed by atoms with Crippen molar-refractivity contribution < 1.29 is 19.5 Å². The normalized spacial score (nSPS) is 17.1. The fourth-order valence-electron chi connectivity index (χ4n) is 2.02. The number of aryl methyl sites for hydroxylation is 1. The second-order valence-electron chi connectivity index (χ2n) is 5.38. The van der Waals surface area contributed by atoms with Crippen LogP contribution in [0.5, 0.6) is 0 Å². The highest BCUT2D eigenvalue weighted by molar-refractivity contribution is 6.06. The second-order valence-corrected chi connectivity index (χ2v) is 5.38. The fraction of sp³-hybridized carbons (Fsp3) is 0.583. The van der Waals surface area contributed by atoms with Crippen LogP contribution in [0.3, 0.4) is 0 Å². The van der Waals surface area contributed by atoms with Crippen LogP contribution >= 0.6 is 0 Å². The molecule has 0 aliphatic carbocycles. The van der Waals surface area contributed by atoms with Crippen LogP contribution in [-0.4, -0.2) is 55.0 Å². The summed E-state index contributed by atoms with van der Waals surface area (Å²) in [6.07, 6.45) is 1.90. The predicted molar refractivity (Wildman–Crippen MR) is 70.3 cm³/mol. The van der Waals surface area contributed by atoms with Gasteiger partial charge in [0.15, 0.2) is 0 Å². The highest BCUT2D eigenvalue weighted by Gasteiger charge is 2.43. The first-order chi connectivity index (χ1) is 9.79. The summed E-state index contributed by atoms with van der Waals surface area (Å²) in [5.74, 6) is -1.18. The lowest BCUT2D eigenvalue weighted by Crippen LogP contribution is -2.40. The van der Waals surface area contributed by atoms with E-state index in [1.807, 2.05) is 0 Å². The van der Waals surface area contributed by atoms with Crippen LogP contribution in [0.1, 0.15) is 26.0 Å². The molecule has 1 aliphatic heterocycles. The Hall–Kier alpha value is -2.45. The third-order valence-electron chi connectivity index (χ3n) is 3.18. The Morgan fingerprint density at radius 1 is 1.38 bits per heavy atom. The molecule has 1 aromatic rings. The van der Waals surface area contributed by atoms with Crippen LogP contribution in [0.2, 0.25) is 0 Å². The van der Waals surface area contributed by atoms with Crippen LogP contribution in [0.15, 0.2) is 6.20 Å². The molecule has 1 fully saturated rings. The lowest BCUT2D eigenvalue weighted by Gasteiger charge is -2.15. The van der Waals surface area contributed by atoms with Crippen LogP contribution < -0.4 is 5.32 Å². The largest absolute Gasteiger partial charge is 0.481 e. The quantitative estimate of drug-likeness (QED) is 0.691. The summed E-state index contributed by atoms with van der Waals surface area (Å²) >= 11 is 0. The maximum Gasteiger partial charge on any atom is 0.325 e. The molecule has 0 bridgehead atoms. The Morgan fingerprint density at radius 3 is 2.67 bits per heavy atom. The number of rotatable bonds is 6. The third kappa shape index (κ3) is 3.36. The zero-order valence-electron chi connectivity index (χ0n) is 11.9. The molecule has 0 spiro atoms. The Balaban J connectivity index is 1.90. The standard InChI is InChI=1S/C12H17N5O4/c1-12(2)10(20)17(11(21)13-12)6-5-16-7-8(14-15-16)3-4-9(18)19/h7H,3-6H2,1-2H3,(H,13,21)(H,18,19). The van der Waals surface area contributed by atoms with Gasteiger partial charge in [0.1, 0.15) is 5.54 Å². The summed E-state index contributed by atoms with van der Waals surface area (Å²) in [5.41, 5.74) is -0.318. The number of carboxylic acid groups (broad SMARTS) is 1. The summed E-state index contributed by atoms with van der Waals surface area (Å²) in [4.78, 5) is 35.3. The zero-order valence-corrected chi connectivity index (χ0v) is 11.9. The van der Waals surface area contributed by atoms with Crippen molar-refractivity contribution in [3.8, 4) is 0 Å². The maximum atomic E-state index is 12.0. The number of aliphatic carboxylic acids is 1. The molecule has 1 saturated heterocycles. The highest BCUT2D eigenvalue weighted by Crippen LogP contribution is 2.16. The first kappa shape index (κ1) is 14.9. The number of carbonyl (C=O) groups is 3. The van der Waals surface area contributed by atoms with Crippen molar-refractivity contribution in [2.75, 3.05) is 6.54 Å². The Labute approximate surface area is 120 Å². The van der Waals surface area contributed by atoms with E-state index in [2.05, 4.69) is 15.6 Å². The monoisotopic (exact) mass is 295 g/mol. The van der Waals surface area contributed by atoms with E-state index in [0.717, 1.165) is 4.90 Å². The SMILES string of the molecule is CC1(C)NC(=O)N(CCn2cc(CCC(=O)O)nn2)C1=O. The summed E-state index contributed by atoms with van der Waals surface area (Å²) < 4.78 is 1.49. The molecule has 2 heterocycles. The second kappa shape index (κ2) is 5.51. The molecule has 9 nitrogen and oxygen atoms in total. The topological polar surface area (TPSA) is 117 Å². The van der Waals surface area contributed by atoms with Crippen molar-refractivity contribution in [2.45, 2.75) is 38.8 Å². The number of carbonyl (C=O) groups excluding carboxylic acids is 2. The molecule has 0 unspecified atom stereocenters. The van der Waals surface area contributed by atoms with Gasteiger partial charge in [0.05, 0.1) is 25.2 Å². The van der Waals surface area contributed by atoms with Gasteiger partial charge < -0.3 is 10.4 Å². The minimum atomic E-state index is -0.897. The summed E-state index contributed by atoms with van der Waals surface area (Å²) in [5, 5.41) is 18.9. The lowest BCUT2D eigenvalue weighted by atomic mass is 10.1. The van der Waals surface area contributed by atoms with E-state index in [1.54, 1.807) is 20.0 Å². The number of hydrogen-bond acceptors (Lipinski definition) is 5. The first-order valence-corrected chi connectivity index (χ1v) is 6.54. The van der Waals surface area contributed by atoms with Gasteiger partial charge in [-0.2, -0.15) is 0 Å². The van der Waals surface area contributed by atoms with Gasteiger partial charge in [-0.25, -0.2) is 4.79 Å². The van der Waals surface area contributed by atoms with Crippen LogP contribution in [0, 0.1) is 0 Å². The lowest BCUT2D eigenvalue weighted by molar-refractivity contribution is -0.137. The van der Waals surface area contributed by atoms with E-state index >= 15 is 0 Å². The predicted octanol–water partition coefficient (Wildman–Crippen LogP) is -0.374. The molecule has 114 valence electrons. The number of nitrogens with zero attached hydrogens (tertiary/aromatic N) is 4. The average molecular weight is 295 g/mol. The number of imide groups is 1. The maximum absolute atomic E-state index is 12.0. The number of hydrogen-bond donors (Lipinski definition) is 2. The molecule has 2 rings (SSSR count). The smallest absolute Gasteiger partial charge is 0.325 e. The van der Waals surface area contributed by atoms with Gasteiger partial charge in [0, 0.05) is 12.6 Å².